The number of methoxy groups -OCH3 is 1. The van der Waals surface area contributed by atoms with Crippen LogP contribution in [-0.4, -0.2) is 24.6 Å². The van der Waals surface area contributed by atoms with E-state index in [0.29, 0.717) is 23.9 Å². The predicted molar refractivity (Wildman–Crippen MR) is 54.4 cm³/mol. The number of ether oxygens (including phenoxy) is 1. The van der Waals surface area contributed by atoms with Crippen LogP contribution in [0.1, 0.15) is 6.42 Å². The number of nitrogens with zero attached hydrogens (tertiary/aromatic N) is 1. The number of anilines is 1. The second-order valence-corrected chi connectivity index (χ2v) is 2.99. The summed E-state index contributed by atoms with van der Waals surface area (Å²) in [5.41, 5.74) is 0. The quantitative estimate of drug-likeness (QED) is 0.613. The zero-order valence-electron chi connectivity index (χ0n) is 7.79. The fourth-order valence-electron chi connectivity index (χ4n) is 0.901. The SMILES string of the molecule is COC(=O)CCNc1cccc(Cl)n1. The van der Waals surface area contributed by atoms with Crippen LogP contribution in [0.5, 0.6) is 0 Å². The molecule has 0 aliphatic carbocycles. The monoisotopic (exact) mass is 214 g/mol. The molecular formula is C9H11ClN2O2. The van der Waals surface area contributed by atoms with E-state index in [0.717, 1.165) is 0 Å². The maximum atomic E-state index is 10.8. The Morgan fingerprint density at radius 2 is 2.43 bits per heavy atom. The van der Waals surface area contributed by atoms with Gasteiger partial charge < -0.3 is 10.1 Å². The van der Waals surface area contributed by atoms with E-state index in [-0.39, 0.29) is 5.97 Å². The molecule has 0 saturated carbocycles. The summed E-state index contributed by atoms with van der Waals surface area (Å²) in [6.07, 6.45) is 0.310. The van der Waals surface area contributed by atoms with E-state index < -0.39 is 0 Å². The minimum atomic E-state index is -0.250. The molecule has 0 atom stereocenters. The number of rotatable bonds is 4. The number of carbonyl (C=O) groups is 1. The number of hydrogen-bond acceptors (Lipinski definition) is 4. The molecule has 0 amide bonds. The standard InChI is InChI=1S/C9H11ClN2O2/c1-14-9(13)5-6-11-8-4-2-3-7(10)12-8/h2-4H,5-6H2,1H3,(H,11,12). The molecule has 5 heteroatoms. The smallest absolute Gasteiger partial charge is 0.307 e. The second kappa shape index (κ2) is 5.44. The normalized spacial score (nSPS) is 9.57. The first-order valence-electron chi connectivity index (χ1n) is 4.15. The Kier molecular flexibility index (Phi) is 4.19. The highest BCUT2D eigenvalue weighted by Gasteiger charge is 1.99. The first kappa shape index (κ1) is 10.8. The van der Waals surface area contributed by atoms with Gasteiger partial charge >= 0.3 is 5.97 Å². The Morgan fingerprint density at radius 1 is 1.64 bits per heavy atom. The van der Waals surface area contributed by atoms with Crippen LogP contribution in [0.4, 0.5) is 5.82 Å². The van der Waals surface area contributed by atoms with Gasteiger partial charge in [0, 0.05) is 6.54 Å². The van der Waals surface area contributed by atoms with Gasteiger partial charge in [0.1, 0.15) is 11.0 Å². The molecule has 0 spiro atoms. The maximum absolute atomic E-state index is 10.8. The summed E-state index contributed by atoms with van der Waals surface area (Å²) < 4.78 is 4.49. The first-order valence-corrected chi connectivity index (χ1v) is 4.53. The molecule has 0 aromatic carbocycles. The highest BCUT2D eigenvalue weighted by atomic mass is 35.5. The number of nitrogens with one attached hydrogen (secondary N) is 1. The second-order valence-electron chi connectivity index (χ2n) is 2.60. The van der Waals surface area contributed by atoms with Gasteiger partial charge in [0.2, 0.25) is 0 Å². The van der Waals surface area contributed by atoms with Gasteiger partial charge in [-0.25, -0.2) is 4.98 Å². The van der Waals surface area contributed by atoms with Crippen LogP contribution in [0.25, 0.3) is 0 Å². The maximum Gasteiger partial charge on any atom is 0.307 e. The molecule has 0 radical (unpaired) electrons. The Balaban J connectivity index is 2.35. The molecule has 0 fully saturated rings. The highest BCUT2D eigenvalue weighted by Crippen LogP contribution is 2.08. The van der Waals surface area contributed by atoms with Crippen LogP contribution >= 0.6 is 11.6 Å². The molecule has 14 heavy (non-hydrogen) atoms. The lowest BCUT2D eigenvalue weighted by atomic mass is 10.4. The van der Waals surface area contributed by atoms with Crippen molar-refractivity contribution in [3.63, 3.8) is 0 Å². The molecule has 4 nitrogen and oxygen atoms in total. The van der Waals surface area contributed by atoms with E-state index in [1.807, 2.05) is 0 Å². The number of hydrogen-bond donors (Lipinski definition) is 1. The van der Waals surface area contributed by atoms with Gasteiger partial charge in [-0.15, -0.1) is 0 Å². The van der Waals surface area contributed by atoms with Crippen molar-refractivity contribution in [2.24, 2.45) is 0 Å². The minimum absolute atomic E-state index is 0.250. The summed E-state index contributed by atoms with van der Waals surface area (Å²) >= 11 is 5.67. The van der Waals surface area contributed by atoms with Gasteiger partial charge in [0.25, 0.3) is 0 Å². The van der Waals surface area contributed by atoms with E-state index in [4.69, 9.17) is 11.6 Å². The van der Waals surface area contributed by atoms with E-state index in [1.54, 1.807) is 18.2 Å². The molecule has 1 aromatic heterocycles. The topological polar surface area (TPSA) is 51.2 Å². The zero-order chi connectivity index (χ0) is 10.4. The van der Waals surface area contributed by atoms with Crippen molar-refractivity contribution < 1.29 is 9.53 Å². The molecule has 76 valence electrons. The van der Waals surface area contributed by atoms with Crippen molar-refractivity contribution in [1.82, 2.24) is 4.98 Å². The molecule has 1 rings (SSSR count). The van der Waals surface area contributed by atoms with E-state index in [9.17, 15) is 4.79 Å². The number of esters is 1. The van der Waals surface area contributed by atoms with Crippen LogP contribution in [0.15, 0.2) is 18.2 Å². The third-order valence-electron chi connectivity index (χ3n) is 1.58. The van der Waals surface area contributed by atoms with Crippen LogP contribution < -0.4 is 5.32 Å². The lowest BCUT2D eigenvalue weighted by molar-refractivity contribution is -0.140. The van der Waals surface area contributed by atoms with Gasteiger partial charge in [0.05, 0.1) is 13.5 Å². The van der Waals surface area contributed by atoms with E-state index >= 15 is 0 Å². The number of aromatic nitrogens is 1. The number of carbonyl (C=O) groups excluding carboxylic acids is 1. The zero-order valence-corrected chi connectivity index (χ0v) is 8.54. The van der Waals surface area contributed by atoms with Crippen molar-refractivity contribution >= 4 is 23.4 Å². The van der Waals surface area contributed by atoms with Crippen molar-refractivity contribution in [2.45, 2.75) is 6.42 Å². The van der Waals surface area contributed by atoms with E-state index in [1.165, 1.54) is 7.11 Å². The van der Waals surface area contributed by atoms with Crippen molar-refractivity contribution in [2.75, 3.05) is 19.0 Å². The molecular weight excluding hydrogens is 204 g/mol. The Bertz CT molecular complexity index is 317. The summed E-state index contributed by atoms with van der Waals surface area (Å²) in [6, 6.07) is 5.26. The summed E-state index contributed by atoms with van der Waals surface area (Å²) in [4.78, 5) is 14.8. The average molecular weight is 215 g/mol. The lowest BCUT2D eigenvalue weighted by Gasteiger charge is -2.04. The van der Waals surface area contributed by atoms with Crippen LogP contribution in [0.3, 0.4) is 0 Å². The molecule has 1 aromatic rings. The molecule has 1 heterocycles. The summed E-state index contributed by atoms with van der Waals surface area (Å²) in [6.45, 7) is 0.486. The van der Waals surface area contributed by atoms with Crippen LogP contribution in [-0.2, 0) is 9.53 Å². The van der Waals surface area contributed by atoms with Crippen LogP contribution in [0, 0.1) is 0 Å². The van der Waals surface area contributed by atoms with Gasteiger partial charge in [-0.1, -0.05) is 17.7 Å². The molecule has 0 saturated heterocycles. The van der Waals surface area contributed by atoms with Gasteiger partial charge in [-0.05, 0) is 12.1 Å². The summed E-state index contributed by atoms with van der Waals surface area (Å²) in [5, 5.41) is 3.38. The van der Waals surface area contributed by atoms with Crippen molar-refractivity contribution in [3.8, 4) is 0 Å². The Hall–Kier alpha value is -1.29. The highest BCUT2D eigenvalue weighted by molar-refractivity contribution is 6.29. The van der Waals surface area contributed by atoms with Gasteiger partial charge in [0.15, 0.2) is 0 Å². The summed E-state index contributed by atoms with van der Waals surface area (Å²) in [5.74, 6) is 0.404. The predicted octanol–water partition coefficient (Wildman–Crippen LogP) is 1.71. The fourth-order valence-corrected chi connectivity index (χ4v) is 1.07. The first-order chi connectivity index (χ1) is 6.72. The van der Waals surface area contributed by atoms with Crippen molar-refractivity contribution in [3.05, 3.63) is 23.4 Å². The van der Waals surface area contributed by atoms with Crippen molar-refractivity contribution in [1.29, 1.82) is 0 Å². The summed E-state index contributed by atoms with van der Waals surface area (Å²) in [7, 11) is 1.36. The Morgan fingerprint density at radius 3 is 3.07 bits per heavy atom. The number of pyridine rings is 1. The molecule has 0 unspecified atom stereocenters. The van der Waals surface area contributed by atoms with Gasteiger partial charge in [-0.3, -0.25) is 4.79 Å². The third-order valence-corrected chi connectivity index (χ3v) is 1.79. The van der Waals surface area contributed by atoms with E-state index in [2.05, 4.69) is 15.0 Å². The lowest BCUT2D eigenvalue weighted by Crippen LogP contribution is -2.10. The molecule has 0 bridgehead atoms. The third kappa shape index (κ3) is 3.62. The van der Waals surface area contributed by atoms with Gasteiger partial charge in [-0.2, -0.15) is 0 Å². The molecule has 1 N–H and O–H groups in total. The Labute approximate surface area is 87.2 Å². The largest absolute Gasteiger partial charge is 0.469 e. The fraction of sp³-hybridized carbons (Fsp3) is 0.333. The average Bonchev–Trinajstić information content (AvgIpc) is 2.17. The van der Waals surface area contributed by atoms with Crippen LogP contribution in [0.2, 0.25) is 5.15 Å². The molecule has 0 aliphatic heterocycles. The molecule has 0 aliphatic rings. The number of halogens is 1. The minimum Gasteiger partial charge on any atom is -0.469 e.